The number of alkyl halides is 1. The van der Waals surface area contributed by atoms with Crippen LogP contribution in [0.4, 0.5) is 5.69 Å². The van der Waals surface area contributed by atoms with Crippen LogP contribution in [0.3, 0.4) is 0 Å². The molecule has 4 aromatic rings. The maximum atomic E-state index is 13.5. The van der Waals surface area contributed by atoms with E-state index in [1.165, 1.54) is 18.6 Å². The van der Waals surface area contributed by atoms with Crippen LogP contribution in [0.15, 0.2) is 59.5 Å². The third kappa shape index (κ3) is 4.09. The number of carbonyl (C=O) groups is 1. The zero-order valence-electron chi connectivity index (χ0n) is 17.7. The number of fused-ring (bicyclic) bond motifs is 1. The number of carbonyl (C=O) groups excluding carboxylic acids is 1. The number of hydrogen-bond acceptors (Lipinski definition) is 8. The van der Waals surface area contributed by atoms with Gasteiger partial charge in [0.15, 0.2) is 0 Å². The number of halogens is 3. The van der Waals surface area contributed by atoms with Gasteiger partial charge in [-0.3, -0.25) is 9.78 Å². The Morgan fingerprint density at radius 2 is 2.03 bits per heavy atom. The number of rotatable bonds is 6. The quantitative estimate of drug-likeness (QED) is 0.191. The highest BCUT2D eigenvalue weighted by Gasteiger charge is 2.44. The third-order valence-corrected chi connectivity index (χ3v) is 6.59. The first kappa shape index (κ1) is 22.6. The first-order valence-electron chi connectivity index (χ1n) is 10.1. The van der Waals surface area contributed by atoms with Gasteiger partial charge in [-0.15, -0.1) is 0 Å². The molecule has 172 valence electrons. The lowest BCUT2D eigenvalue weighted by Gasteiger charge is -2.25. The Morgan fingerprint density at radius 3 is 2.76 bits per heavy atom. The Balaban J connectivity index is 1.51. The summed E-state index contributed by atoms with van der Waals surface area (Å²) in [5.41, 5.74) is 1.93. The Morgan fingerprint density at radius 1 is 1.18 bits per heavy atom. The summed E-state index contributed by atoms with van der Waals surface area (Å²) in [7, 11) is 1.56. The van der Waals surface area contributed by atoms with E-state index in [0.29, 0.717) is 33.6 Å². The number of benzene rings is 2. The Bertz CT molecular complexity index is 1370. The van der Waals surface area contributed by atoms with Gasteiger partial charge in [0.25, 0.3) is 5.89 Å². The summed E-state index contributed by atoms with van der Waals surface area (Å²) in [6, 6.07) is 10.7. The standard InChI is InChI=1S/C23H16Cl3N5O3/c1-33-14-4-5-18-15(9-14)19(21(26)31(18)11-12-2-3-13(24)8-16(12)25)20(32)23-29-22(30-34-23)17-10-27-6-7-28-17/h2-10,19,21H,11H2,1H3. The van der Waals surface area contributed by atoms with E-state index in [-0.39, 0.29) is 11.7 Å². The Hall–Kier alpha value is -3.20. The van der Waals surface area contributed by atoms with E-state index in [1.807, 2.05) is 23.1 Å². The highest BCUT2D eigenvalue weighted by atomic mass is 35.5. The molecule has 0 radical (unpaired) electrons. The molecule has 0 amide bonds. The van der Waals surface area contributed by atoms with E-state index in [1.54, 1.807) is 25.3 Å². The zero-order chi connectivity index (χ0) is 23.8. The van der Waals surface area contributed by atoms with Gasteiger partial charge in [0, 0.05) is 34.7 Å². The number of ketones is 1. The van der Waals surface area contributed by atoms with E-state index in [0.717, 1.165) is 11.3 Å². The largest absolute Gasteiger partial charge is 0.497 e. The van der Waals surface area contributed by atoms with Crippen LogP contribution in [0.25, 0.3) is 11.5 Å². The van der Waals surface area contributed by atoms with E-state index < -0.39 is 17.2 Å². The molecule has 0 fully saturated rings. The fourth-order valence-electron chi connectivity index (χ4n) is 3.88. The molecule has 0 spiro atoms. The molecule has 0 saturated heterocycles. The van der Waals surface area contributed by atoms with E-state index in [9.17, 15) is 4.79 Å². The van der Waals surface area contributed by atoms with Gasteiger partial charge >= 0.3 is 0 Å². The monoisotopic (exact) mass is 515 g/mol. The van der Waals surface area contributed by atoms with Crippen LogP contribution < -0.4 is 9.64 Å². The van der Waals surface area contributed by atoms with Crippen molar-refractivity contribution in [1.29, 1.82) is 0 Å². The fourth-order valence-corrected chi connectivity index (χ4v) is 4.77. The molecule has 5 rings (SSSR count). The van der Waals surface area contributed by atoms with Crippen LogP contribution in [-0.2, 0) is 6.54 Å². The number of ether oxygens (including phenoxy) is 1. The molecule has 1 aliphatic rings. The number of nitrogens with zero attached hydrogens (tertiary/aromatic N) is 5. The van der Waals surface area contributed by atoms with E-state index >= 15 is 0 Å². The average Bonchev–Trinajstić information content (AvgIpc) is 3.44. The van der Waals surface area contributed by atoms with E-state index in [2.05, 4.69) is 20.1 Å². The molecule has 8 nitrogen and oxygen atoms in total. The van der Waals surface area contributed by atoms with Gasteiger partial charge in [-0.1, -0.05) is 46.0 Å². The van der Waals surface area contributed by atoms with Gasteiger partial charge in [0.05, 0.1) is 19.2 Å². The molecule has 2 atom stereocenters. The van der Waals surface area contributed by atoms with Crippen molar-refractivity contribution in [1.82, 2.24) is 20.1 Å². The smallest absolute Gasteiger partial charge is 0.295 e. The van der Waals surface area contributed by atoms with Gasteiger partial charge in [0.2, 0.25) is 11.6 Å². The Labute approximate surface area is 209 Å². The van der Waals surface area contributed by atoms with E-state index in [4.69, 9.17) is 44.1 Å². The van der Waals surface area contributed by atoms with Crippen LogP contribution in [0.5, 0.6) is 5.75 Å². The molecule has 34 heavy (non-hydrogen) atoms. The molecule has 2 aromatic heterocycles. The second kappa shape index (κ2) is 9.21. The highest BCUT2D eigenvalue weighted by molar-refractivity contribution is 6.35. The van der Waals surface area contributed by atoms with Gasteiger partial charge in [-0.25, -0.2) is 4.98 Å². The van der Waals surface area contributed by atoms with Crippen molar-refractivity contribution < 1.29 is 14.1 Å². The maximum absolute atomic E-state index is 13.5. The van der Waals surface area contributed by atoms with Gasteiger partial charge in [-0.2, -0.15) is 4.98 Å². The fraction of sp³-hybridized carbons (Fsp3) is 0.174. The molecular weight excluding hydrogens is 501 g/mol. The molecule has 11 heteroatoms. The second-order valence-electron chi connectivity index (χ2n) is 7.52. The first-order chi connectivity index (χ1) is 16.5. The number of Topliss-reactive ketones (excluding diaryl/α,β-unsaturated/α-hetero) is 1. The van der Waals surface area contributed by atoms with Crippen molar-refractivity contribution in [3.8, 4) is 17.3 Å². The average molecular weight is 517 g/mol. The summed E-state index contributed by atoms with van der Waals surface area (Å²) in [5, 5.41) is 4.92. The second-order valence-corrected chi connectivity index (χ2v) is 8.81. The van der Waals surface area contributed by atoms with Crippen molar-refractivity contribution in [2.45, 2.75) is 18.0 Å². The van der Waals surface area contributed by atoms with Crippen LogP contribution in [0, 0.1) is 0 Å². The predicted octanol–water partition coefficient (Wildman–Crippen LogP) is 5.39. The van der Waals surface area contributed by atoms with Crippen LogP contribution >= 0.6 is 34.8 Å². The minimum absolute atomic E-state index is 0.163. The van der Waals surface area contributed by atoms with Crippen molar-refractivity contribution in [2.24, 2.45) is 0 Å². The van der Waals surface area contributed by atoms with Crippen molar-refractivity contribution in [3.63, 3.8) is 0 Å². The van der Waals surface area contributed by atoms with Crippen molar-refractivity contribution in [2.75, 3.05) is 12.0 Å². The number of aromatic nitrogens is 4. The van der Waals surface area contributed by atoms with Crippen molar-refractivity contribution >= 4 is 46.3 Å². The summed E-state index contributed by atoms with van der Waals surface area (Å²) < 4.78 is 10.7. The lowest BCUT2D eigenvalue weighted by atomic mass is 9.96. The zero-order valence-corrected chi connectivity index (χ0v) is 19.9. The highest BCUT2D eigenvalue weighted by Crippen LogP contribution is 2.46. The first-order valence-corrected chi connectivity index (χ1v) is 11.3. The molecule has 2 aromatic carbocycles. The SMILES string of the molecule is COc1ccc2c(c1)C(C(=O)c1nc(-c3cnccn3)no1)C(Cl)N2Cc1ccc(Cl)cc1Cl. The predicted molar refractivity (Wildman–Crippen MR) is 128 cm³/mol. The number of anilines is 1. The Kier molecular flexibility index (Phi) is 6.12. The molecular formula is C23H16Cl3N5O3. The molecule has 2 unspecified atom stereocenters. The molecule has 3 heterocycles. The molecule has 0 bridgehead atoms. The minimum atomic E-state index is -0.784. The third-order valence-electron chi connectivity index (χ3n) is 5.52. The summed E-state index contributed by atoms with van der Waals surface area (Å²) in [4.78, 5) is 27.8. The number of hydrogen-bond donors (Lipinski definition) is 0. The summed E-state index contributed by atoms with van der Waals surface area (Å²) in [6.07, 6.45) is 4.51. The van der Waals surface area contributed by atoms with Crippen molar-refractivity contribution in [3.05, 3.63) is 82.1 Å². The summed E-state index contributed by atoms with van der Waals surface area (Å²) in [6.45, 7) is 0.363. The summed E-state index contributed by atoms with van der Waals surface area (Å²) in [5.74, 6) is -0.611. The molecule has 1 aliphatic heterocycles. The van der Waals surface area contributed by atoms with Gasteiger partial charge in [-0.05, 0) is 41.5 Å². The minimum Gasteiger partial charge on any atom is -0.497 e. The lowest BCUT2D eigenvalue weighted by Crippen LogP contribution is -2.32. The lowest BCUT2D eigenvalue weighted by molar-refractivity contribution is 0.0917. The maximum Gasteiger partial charge on any atom is 0.295 e. The van der Waals surface area contributed by atoms with Gasteiger partial charge in [0.1, 0.15) is 16.9 Å². The molecule has 0 N–H and O–H groups in total. The van der Waals surface area contributed by atoms with Crippen LogP contribution in [-0.4, -0.2) is 38.5 Å². The number of methoxy groups -OCH3 is 1. The normalized spacial score (nSPS) is 17.0. The van der Waals surface area contributed by atoms with Gasteiger partial charge < -0.3 is 14.2 Å². The van der Waals surface area contributed by atoms with Crippen LogP contribution in [0.2, 0.25) is 10.0 Å². The summed E-state index contributed by atoms with van der Waals surface area (Å²) >= 11 is 19.3. The van der Waals surface area contributed by atoms with Crippen LogP contribution in [0.1, 0.15) is 27.7 Å². The molecule has 0 aliphatic carbocycles. The molecule has 0 saturated carbocycles. The topological polar surface area (TPSA) is 94.2 Å².